The number of para-hydroxylation sites is 5. The maximum absolute atomic E-state index is 9.67. The van der Waals surface area contributed by atoms with E-state index in [4.69, 9.17) is 33.9 Å². The Kier molecular flexibility index (Phi) is 23.4. The predicted octanol–water partition coefficient (Wildman–Crippen LogP) is 25.1. The second-order valence-corrected chi connectivity index (χ2v) is 26.5. The molecule has 0 spiro atoms. The molecule has 0 bridgehead atoms. The fraction of sp³-hybridized carbons (Fsp3) is 0.0851. The molecule has 12 nitrogen and oxygen atoms in total. The van der Waals surface area contributed by atoms with Crippen LogP contribution in [0.1, 0.15) is 63.8 Å². The Morgan fingerprint density at radius 2 is 0.481 bits per heavy atom. The van der Waals surface area contributed by atoms with Gasteiger partial charge in [-0.3, -0.25) is 0 Å². The Morgan fingerprint density at radius 3 is 0.679 bits per heavy atom. The Hall–Kier alpha value is -14.7. The summed E-state index contributed by atoms with van der Waals surface area (Å²) in [5, 5.41) is 28.6. The number of anilines is 9. The average Bonchev–Trinajstić information content (AvgIpc) is 0.780. The van der Waals surface area contributed by atoms with Gasteiger partial charge in [0, 0.05) is 62.0 Å². The molecule has 512 valence electrons. The maximum atomic E-state index is 9.67. The van der Waals surface area contributed by atoms with Crippen LogP contribution in [0.15, 0.2) is 378 Å². The van der Waals surface area contributed by atoms with Crippen LogP contribution in [0.2, 0.25) is 0 Å². The van der Waals surface area contributed by atoms with E-state index in [2.05, 4.69) is 163 Å². The summed E-state index contributed by atoms with van der Waals surface area (Å²) in [5.74, 6) is 3.52. The van der Waals surface area contributed by atoms with Gasteiger partial charge < -0.3 is 28.9 Å². The van der Waals surface area contributed by atoms with E-state index in [1.54, 1.807) is 36.5 Å². The molecule has 0 N–H and O–H groups in total. The third kappa shape index (κ3) is 18.7. The van der Waals surface area contributed by atoms with Gasteiger partial charge in [-0.25, -0.2) is 30.3 Å². The zero-order valence-corrected chi connectivity index (χ0v) is 59.5. The van der Waals surface area contributed by atoms with Gasteiger partial charge in [0.2, 0.25) is 0 Å². The van der Waals surface area contributed by atoms with E-state index in [1.165, 1.54) is 0 Å². The Labute approximate surface area is 621 Å². The first-order valence-electron chi connectivity index (χ1n) is 34.2. The van der Waals surface area contributed by atoms with Crippen molar-refractivity contribution in [2.45, 2.75) is 41.5 Å². The summed E-state index contributed by atoms with van der Waals surface area (Å²) >= 11 is 0. The van der Waals surface area contributed by atoms with Gasteiger partial charge in [0.15, 0.2) is 0 Å². The highest BCUT2D eigenvalue weighted by atomic mass is 16.5. The van der Waals surface area contributed by atoms with E-state index >= 15 is 0 Å². The number of hydrogen-bond donors (Lipinski definition) is 0. The zero-order valence-electron chi connectivity index (χ0n) is 59.5. The monoisotopic (exact) mass is 1380 g/mol. The van der Waals surface area contributed by atoms with Gasteiger partial charge in [0.25, 0.3) is 17.1 Å². The van der Waals surface area contributed by atoms with Crippen molar-refractivity contribution >= 4 is 75.5 Å². The van der Waals surface area contributed by atoms with Gasteiger partial charge >= 0.3 is 0 Å². The van der Waals surface area contributed by atoms with Crippen molar-refractivity contribution in [2.24, 2.45) is 10.8 Å². The lowest BCUT2D eigenvalue weighted by Gasteiger charge is -2.27. The molecular weight excluding hydrogens is 1300 g/mol. The standard InChI is InChI=1S/C48H34N4O.C46H39N5O2/c1-50-48(36-49)39-34-46(32-26-37-22-28-44(29-23-37)51(40-14-6-2-7-15-40)41-16-8-3-9-17-41)53-47(35-39)33-27-38-24-30-45(31-25-38)52(42-18-10-4-11-19-42)43-20-12-5-13-21-43;1-45(2,3)43-28-34(41(30-47)49-7)26-39(52-43)24-18-32-14-20-37(21-15-32)51(36-12-10-9-11-13-36)38-22-16-33(17-23-38)19-25-40-27-35(42(31-48)50-8)29-44(53-40)46(4,5)6/h2-35H;9-29H,1-6H3/b32-26+,33-27+;24-18+,25-19+,41-34-,42-35+. The Morgan fingerprint density at radius 1 is 0.283 bits per heavy atom. The summed E-state index contributed by atoms with van der Waals surface area (Å²) in [6, 6.07) is 90.2. The van der Waals surface area contributed by atoms with E-state index in [9.17, 15) is 15.8 Å². The van der Waals surface area contributed by atoms with Gasteiger partial charge in [-0.2, -0.15) is 0 Å². The van der Waals surface area contributed by atoms with Crippen LogP contribution in [-0.4, -0.2) is 0 Å². The van der Waals surface area contributed by atoms with Crippen molar-refractivity contribution in [3.63, 3.8) is 0 Å². The SMILES string of the molecule is [C-]#[N+]/C(C#N)=C1C=C(/C=C/c2ccc(N(c3ccccc3)c3ccc(/C=C/C4=CC(=C(/C#N)[N+]#[C-])/C=C(C(C)(C)C)O4)cc3)cc2)OC(C(C)(C)C)=C/1.[C-]#[N+]C(C#N)=C1C=C(/C=C/c2ccc(N(c3ccccc3)c3ccccc3)cc2)OC(/C=C/c2ccc(N(c3ccccc3)c3ccccc3)cc2)=C1. The Bertz CT molecular complexity index is 4960. The summed E-state index contributed by atoms with van der Waals surface area (Å²) in [5.41, 5.74) is 14.2. The first-order chi connectivity index (χ1) is 51.5. The van der Waals surface area contributed by atoms with Crippen molar-refractivity contribution in [1.29, 1.82) is 15.8 Å². The van der Waals surface area contributed by atoms with Gasteiger partial charge in [-0.1, -0.05) is 205 Å². The molecule has 0 saturated heterocycles. The number of allylic oxidation sites excluding steroid dienone is 18. The van der Waals surface area contributed by atoms with Crippen LogP contribution in [-0.2, 0) is 14.2 Å². The molecule has 3 aliphatic rings. The van der Waals surface area contributed by atoms with Gasteiger partial charge in [0.1, 0.15) is 34.6 Å². The van der Waals surface area contributed by atoms with Gasteiger partial charge in [-0.15, -0.1) is 0 Å². The van der Waals surface area contributed by atoms with Crippen LogP contribution in [0.4, 0.5) is 51.2 Å². The minimum absolute atomic E-state index is 0.00244. The zero-order chi connectivity index (χ0) is 74.4. The lowest BCUT2D eigenvalue weighted by Crippen LogP contribution is -2.15. The van der Waals surface area contributed by atoms with Crippen LogP contribution in [0.3, 0.4) is 0 Å². The van der Waals surface area contributed by atoms with E-state index in [0.717, 1.165) is 73.4 Å². The highest BCUT2D eigenvalue weighted by Gasteiger charge is 2.26. The second kappa shape index (κ2) is 34.1. The number of nitrogens with zero attached hydrogens (tertiary/aromatic N) is 9. The van der Waals surface area contributed by atoms with Crippen molar-refractivity contribution in [3.8, 4) is 18.2 Å². The van der Waals surface area contributed by atoms with Crippen LogP contribution in [0.25, 0.3) is 38.8 Å². The van der Waals surface area contributed by atoms with Crippen LogP contribution in [0.5, 0.6) is 0 Å². The smallest absolute Gasteiger partial charge is 0.269 e. The molecule has 12 rings (SSSR count). The van der Waals surface area contributed by atoms with E-state index in [-0.39, 0.29) is 27.9 Å². The fourth-order valence-corrected chi connectivity index (χ4v) is 11.4. The molecule has 0 aliphatic carbocycles. The summed E-state index contributed by atoms with van der Waals surface area (Å²) in [4.78, 5) is 16.8. The van der Waals surface area contributed by atoms with Crippen molar-refractivity contribution < 1.29 is 14.2 Å². The van der Waals surface area contributed by atoms with E-state index in [0.29, 0.717) is 51.3 Å². The van der Waals surface area contributed by atoms with Crippen molar-refractivity contribution in [2.75, 3.05) is 14.7 Å². The molecule has 0 fully saturated rings. The topological polar surface area (TPSA) is 122 Å². The van der Waals surface area contributed by atoms with Crippen molar-refractivity contribution in [3.05, 3.63) is 434 Å². The third-order valence-electron chi connectivity index (χ3n) is 16.8. The molecule has 0 atom stereocenters. The lowest BCUT2D eigenvalue weighted by atomic mass is 9.91. The molecule has 9 aromatic carbocycles. The number of benzene rings is 9. The Balaban J connectivity index is 0.000000212. The molecule has 0 radical (unpaired) electrons. The summed E-state index contributed by atoms with van der Waals surface area (Å²) in [6.45, 7) is 34.5. The van der Waals surface area contributed by atoms with Crippen LogP contribution < -0.4 is 14.7 Å². The minimum atomic E-state index is -0.308. The van der Waals surface area contributed by atoms with Crippen LogP contribution >= 0.6 is 0 Å². The maximum Gasteiger partial charge on any atom is 0.269 e. The number of rotatable bonds is 17. The minimum Gasteiger partial charge on any atom is -0.461 e. The fourth-order valence-electron chi connectivity index (χ4n) is 11.4. The molecular formula is C94H73N9O3. The van der Waals surface area contributed by atoms with Crippen molar-refractivity contribution in [1.82, 2.24) is 0 Å². The normalized spacial score (nSPS) is 14.3. The van der Waals surface area contributed by atoms with E-state index in [1.807, 2.05) is 224 Å². The molecule has 0 saturated carbocycles. The molecule has 9 aromatic rings. The largest absolute Gasteiger partial charge is 0.461 e. The molecule has 3 aliphatic heterocycles. The molecule has 12 heteroatoms. The van der Waals surface area contributed by atoms with Gasteiger partial charge in [-0.05, 0) is 209 Å². The van der Waals surface area contributed by atoms with E-state index < -0.39 is 0 Å². The predicted molar refractivity (Wildman–Crippen MR) is 428 cm³/mol. The summed E-state index contributed by atoms with van der Waals surface area (Å²) in [6.07, 6.45) is 25.7. The summed E-state index contributed by atoms with van der Waals surface area (Å²) in [7, 11) is 0. The highest BCUT2D eigenvalue weighted by Crippen LogP contribution is 2.41. The molecule has 3 heterocycles. The van der Waals surface area contributed by atoms with Gasteiger partial charge in [0.05, 0.1) is 37.9 Å². The molecule has 0 aromatic heterocycles. The molecule has 0 amide bonds. The first kappa shape index (κ1) is 72.6. The quantitative estimate of drug-likeness (QED) is 0.0648. The molecule has 0 unspecified atom stereocenters. The second-order valence-electron chi connectivity index (χ2n) is 26.5. The first-order valence-corrected chi connectivity index (χ1v) is 34.2. The number of hydrogen-bond acceptors (Lipinski definition) is 9. The van der Waals surface area contributed by atoms with Crippen LogP contribution in [0, 0.1) is 64.5 Å². The highest BCUT2D eigenvalue weighted by molar-refractivity contribution is 5.80. The average molecular weight is 1380 g/mol. The number of nitriles is 3. The molecule has 106 heavy (non-hydrogen) atoms. The lowest BCUT2D eigenvalue weighted by molar-refractivity contribution is 0.223. The third-order valence-corrected chi connectivity index (χ3v) is 16.8. The summed E-state index contributed by atoms with van der Waals surface area (Å²) < 4.78 is 18.6. The number of ether oxygens (including phenoxy) is 3.